The molecule has 0 saturated heterocycles. The van der Waals surface area contributed by atoms with Gasteiger partial charge in [0.15, 0.2) is 0 Å². The molecule has 5 atom stereocenters. The van der Waals surface area contributed by atoms with E-state index >= 15 is 0 Å². The Morgan fingerprint density at radius 3 is 2.00 bits per heavy atom. The summed E-state index contributed by atoms with van der Waals surface area (Å²) in [4.78, 5) is 0. The van der Waals surface area contributed by atoms with E-state index in [1.807, 2.05) is 0 Å². The molecule has 3 aliphatic rings. The van der Waals surface area contributed by atoms with Gasteiger partial charge in [-0.1, -0.05) is 36.4 Å². The average molecular weight is 217 g/mol. The maximum atomic E-state index is 9.13. The minimum atomic E-state index is 0.341. The van der Waals surface area contributed by atoms with Crippen LogP contribution in [0.15, 0.2) is 36.4 Å². The Labute approximate surface area is 99.7 Å². The number of fused-ring (bicyclic) bond motifs is 6. The summed E-state index contributed by atoms with van der Waals surface area (Å²) in [7, 11) is 0. The first kappa shape index (κ1) is 8.31. The second-order valence-electron chi connectivity index (χ2n) is 5.65. The van der Waals surface area contributed by atoms with E-state index in [1.54, 1.807) is 0 Å². The molecule has 1 nitrogen and oxygen atoms in total. The molecule has 3 aliphatic carbocycles. The van der Waals surface area contributed by atoms with Crippen molar-refractivity contribution in [1.29, 1.82) is 5.26 Å². The van der Waals surface area contributed by atoms with E-state index < -0.39 is 0 Å². The van der Waals surface area contributed by atoms with Gasteiger partial charge in [-0.2, -0.15) is 5.26 Å². The molecular formula is C16H11N. The highest BCUT2D eigenvalue weighted by Crippen LogP contribution is 2.78. The Hall–Kier alpha value is -1.81. The smallest absolute Gasteiger partial charge is 0.0662 e. The van der Waals surface area contributed by atoms with Crippen molar-refractivity contribution in [3.05, 3.63) is 47.5 Å². The van der Waals surface area contributed by atoms with Gasteiger partial charge in [-0.3, -0.25) is 0 Å². The fraction of sp³-hybridized carbons (Fsp3) is 0.312. The number of hydrogen-bond donors (Lipinski definition) is 0. The van der Waals surface area contributed by atoms with Crippen LogP contribution in [0.2, 0.25) is 0 Å². The third-order valence-corrected chi connectivity index (χ3v) is 5.19. The molecule has 2 aromatic rings. The van der Waals surface area contributed by atoms with Gasteiger partial charge in [0.05, 0.1) is 12.0 Å². The molecule has 0 amide bonds. The molecule has 0 bridgehead atoms. The van der Waals surface area contributed by atoms with Crippen LogP contribution in [0.5, 0.6) is 0 Å². The maximum absolute atomic E-state index is 9.13. The Morgan fingerprint density at radius 2 is 1.47 bits per heavy atom. The van der Waals surface area contributed by atoms with Crippen LogP contribution in [0, 0.1) is 29.1 Å². The predicted molar refractivity (Wildman–Crippen MR) is 65.5 cm³/mol. The lowest BCUT2D eigenvalue weighted by Gasteiger charge is -2.30. The van der Waals surface area contributed by atoms with Gasteiger partial charge in [-0.15, -0.1) is 0 Å². The highest BCUT2D eigenvalue weighted by Gasteiger charge is 2.72. The first-order chi connectivity index (χ1) is 8.42. The van der Waals surface area contributed by atoms with Crippen molar-refractivity contribution in [3.63, 3.8) is 0 Å². The third-order valence-electron chi connectivity index (χ3n) is 5.19. The second-order valence-corrected chi connectivity index (χ2v) is 5.65. The van der Waals surface area contributed by atoms with Crippen molar-refractivity contribution in [2.24, 2.45) is 17.8 Å². The molecule has 80 valence electrons. The molecule has 0 N–H and O–H groups in total. The van der Waals surface area contributed by atoms with Crippen molar-refractivity contribution in [1.82, 2.24) is 0 Å². The minimum Gasteiger partial charge on any atom is -0.198 e. The van der Waals surface area contributed by atoms with Gasteiger partial charge < -0.3 is 0 Å². The van der Waals surface area contributed by atoms with Crippen molar-refractivity contribution in [2.45, 2.75) is 11.8 Å². The molecule has 0 heterocycles. The number of rotatable bonds is 0. The molecule has 2 saturated carbocycles. The van der Waals surface area contributed by atoms with Gasteiger partial charge >= 0.3 is 0 Å². The van der Waals surface area contributed by atoms with E-state index in [1.165, 1.54) is 21.9 Å². The van der Waals surface area contributed by atoms with Crippen molar-refractivity contribution in [2.75, 3.05) is 0 Å². The van der Waals surface area contributed by atoms with Crippen LogP contribution in [0.1, 0.15) is 23.0 Å². The number of nitriles is 1. The lowest BCUT2D eigenvalue weighted by molar-refractivity contribution is 0.334. The van der Waals surface area contributed by atoms with E-state index in [0.717, 1.165) is 0 Å². The molecule has 0 aromatic heterocycles. The first-order valence-corrected chi connectivity index (χ1v) is 6.33. The largest absolute Gasteiger partial charge is 0.198 e. The summed E-state index contributed by atoms with van der Waals surface area (Å²) in [5, 5.41) is 12.0. The van der Waals surface area contributed by atoms with Gasteiger partial charge in [0.25, 0.3) is 0 Å². The molecular weight excluding hydrogens is 206 g/mol. The quantitative estimate of drug-likeness (QED) is 0.663. The van der Waals surface area contributed by atoms with Gasteiger partial charge in [0, 0.05) is 0 Å². The van der Waals surface area contributed by atoms with E-state index in [0.29, 0.717) is 29.6 Å². The lowest BCUT2D eigenvalue weighted by atomic mass is 9.72. The van der Waals surface area contributed by atoms with E-state index in [-0.39, 0.29) is 0 Å². The van der Waals surface area contributed by atoms with E-state index in [2.05, 4.69) is 42.5 Å². The molecule has 0 aliphatic heterocycles. The monoisotopic (exact) mass is 217 g/mol. The summed E-state index contributed by atoms with van der Waals surface area (Å²) in [6.07, 6.45) is 0. The molecule has 0 radical (unpaired) electrons. The minimum absolute atomic E-state index is 0.341. The zero-order valence-electron chi connectivity index (χ0n) is 9.30. The van der Waals surface area contributed by atoms with Gasteiger partial charge in [0.2, 0.25) is 0 Å². The molecule has 1 heteroatoms. The topological polar surface area (TPSA) is 23.8 Å². The molecule has 17 heavy (non-hydrogen) atoms. The summed E-state index contributed by atoms with van der Waals surface area (Å²) in [6.45, 7) is 0. The van der Waals surface area contributed by atoms with Crippen LogP contribution in [0.25, 0.3) is 10.8 Å². The summed E-state index contributed by atoms with van der Waals surface area (Å²) >= 11 is 0. The first-order valence-electron chi connectivity index (χ1n) is 6.33. The Bertz CT molecular complexity index is 658. The molecule has 2 fully saturated rings. The zero-order valence-corrected chi connectivity index (χ0v) is 9.30. The van der Waals surface area contributed by atoms with Crippen LogP contribution in [-0.2, 0) is 0 Å². The summed E-state index contributed by atoms with van der Waals surface area (Å²) in [5.41, 5.74) is 3.03. The van der Waals surface area contributed by atoms with Crippen molar-refractivity contribution >= 4 is 10.8 Å². The second kappa shape index (κ2) is 2.38. The molecule has 0 spiro atoms. The average Bonchev–Trinajstić information content (AvgIpc) is 2.88. The lowest BCUT2D eigenvalue weighted by Crippen LogP contribution is -2.20. The van der Waals surface area contributed by atoms with Crippen molar-refractivity contribution < 1.29 is 0 Å². The van der Waals surface area contributed by atoms with Crippen LogP contribution in [0.4, 0.5) is 0 Å². The van der Waals surface area contributed by atoms with Crippen LogP contribution in [-0.4, -0.2) is 0 Å². The van der Waals surface area contributed by atoms with Gasteiger partial charge in [-0.05, 0) is 45.6 Å². The highest BCUT2D eigenvalue weighted by atomic mass is 14.7. The maximum Gasteiger partial charge on any atom is 0.0662 e. The Balaban J connectivity index is 1.83. The van der Waals surface area contributed by atoms with E-state index in [9.17, 15) is 0 Å². The van der Waals surface area contributed by atoms with E-state index in [4.69, 9.17) is 5.26 Å². The number of benzene rings is 2. The summed E-state index contributed by atoms with van der Waals surface area (Å²) < 4.78 is 0. The van der Waals surface area contributed by atoms with Gasteiger partial charge in [0.1, 0.15) is 0 Å². The van der Waals surface area contributed by atoms with Crippen molar-refractivity contribution in [3.8, 4) is 6.07 Å². The third kappa shape index (κ3) is 0.718. The molecule has 5 rings (SSSR count). The number of nitrogens with zero attached hydrogens (tertiary/aromatic N) is 1. The number of hydrogen-bond acceptors (Lipinski definition) is 1. The Morgan fingerprint density at radius 1 is 0.882 bits per heavy atom. The Kier molecular flexibility index (Phi) is 1.16. The fourth-order valence-corrected chi connectivity index (χ4v) is 4.55. The molecule has 1 unspecified atom stereocenters. The normalized spacial score (nSPS) is 39.1. The van der Waals surface area contributed by atoms with Crippen LogP contribution >= 0.6 is 0 Å². The van der Waals surface area contributed by atoms with Crippen LogP contribution in [0.3, 0.4) is 0 Å². The fourth-order valence-electron chi connectivity index (χ4n) is 4.55. The highest BCUT2D eigenvalue weighted by molar-refractivity contribution is 5.93. The predicted octanol–water partition coefficient (Wildman–Crippen LogP) is 3.42. The van der Waals surface area contributed by atoms with Gasteiger partial charge in [-0.25, -0.2) is 0 Å². The SMILES string of the molecule is N#CC1[C@@H]2[C@H]3c4cccc5cccc(c45)[C@H]3[C@H]12. The standard InChI is InChI=1S/C16H11N/c17-7-11-15-13-9-5-1-3-8-4-2-6-10(12(8)9)14(13)16(11)15/h1-6,11,13-16H/t11?,13-,14+,15+,16-. The summed E-state index contributed by atoms with van der Waals surface area (Å²) in [5.74, 6) is 3.00. The summed E-state index contributed by atoms with van der Waals surface area (Å²) in [6, 6.07) is 15.8. The zero-order chi connectivity index (χ0) is 11.1. The van der Waals surface area contributed by atoms with Crippen LogP contribution < -0.4 is 0 Å². The molecule has 2 aromatic carbocycles.